The van der Waals surface area contributed by atoms with Crippen molar-refractivity contribution in [2.24, 2.45) is 0 Å². The Morgan fingerprint density at radius 2 is 0.821 bits per heavy atom. The maximum absolute atomic E-state index is 13.0. The van der Waals surface area contributed by atoms with Gasteiger partial charge in [-0.15, -0.1) is 0 Å². The number of aliphatic hydroxyl groups excluding tert-OH is 5. The second-order valence-corrected chi connectivity index (χ2v) is 24.6. The maximum atomic E-state index is 13.0. The van der Waals surface area contributed by atoms with E-state index in [9.17, 15) is 35.1 Å². The molecule has 0 aromatic rings. The predicted octanol–water partition coefficient (Wildman–Crippen LogP) is 18.1. The summed E-state index contributed by atoms with van der Waals surface area (Å²) in [4.78, 5) is 25.1. The van der Waals surface area contributed by atoms with Crippen LogP contribution in [0.15, 0.2) is 60.8 Å². The fraction of sp³-hybridized carbons (Fsp3) is 0.836. The Labute approximate surface area is 516 Å². The number of aliphatic hydroxyl groups is 5. The van der Waals surface area contributed by atoms with Crippen molar-refractivity contribution < 1.29 is 49.3 Å². The third kappa shape index (κ3) is 50.4. The van der Waals surface area contributed by atoms with E-state index in [0.717, 1.165) is 64.2 Å². The Morgan fingerprint density at radius 3 is 1.25 bits per heavy atom. The van der Waals surface area contributed by atoms with Gasteiger partial charge in [-0.05, 0) is 103 Å². The van der Waals surface area contributed by atoms with Gasteiger partial charge >= 0.3 is 5.97 Å². The summed E-state index contributed by atoms with van der Waals surface area (Å²) < 4.78 is 16.7. The van der Waals surface area contributed by atoms with E-state index in [-0.39, 0.29) is 18.5 Å². The number of carbonyl (C=O) groups excluding carboxylic acids is 2. The first-order valence-electron chi connectivity index (χ1n) is 35.5. The normalized spacial score (nSPS) is 18.4. The number of ether oxygens (including phenoxy) is 3. The number of hydrogen-bond acceptors (Lipinski definition) is 10. The number of rotatable bonds is 62. The molecule has 0 radical (unpaired) electrons. The summed E-state index contributed by atoms with van der Waals surface area (Å²) >= 11 is 0. The van der Waals surface area contributed by atoms with E-state index in [1.807, 2.05) is 19.1 Å². The molecular formula is C73H133NO10. The highest BCUT2D eigenvalue weighted by molar-refractivity contribution is 5.76. The molecule has 0 aromatic heterocycles. The Kier molecular flexibility index (Phi) is 58.6. The molecule has 7 atom stereocenters. The third-order valence-electron chi connectivity index (χ3n) is 16.6. The number of esters is 1. The number of carbonyl (C=O) groups is 2. The molecular weight excluding hydrogens is 1050 g/mol. The van der Waals surface area contributed by atoms with Crippen LogP contribution >= 0.6 is 0 Å². The van der Waals surface area contributed by atoms with Crippen LogP contribution in [0.2, 0.25) is 0 Å². The lowest BCUT2D eigenvalue weighted by Crippen LogP contribution is -2.60. The third-order valence-corrected chi connectivity index (χ3v) is 16.6. The van der Waals surface area contributed by atoms with Gasteiger partial charge in [0.1, 0.15) is 24.4 Å². The molecule has 1 saturated heterocycles. The van der Waals surface area contributed by atoms with Crippen molar-refractivity contribution in [1.29, 1.82) is 0 Å². The molecule has 11 nitrogen and oxygen atoms in total. The van der Waals surface area contributed by atoms with Gasteiger partial charge < -0.3 is 45.1 Å². The lowest BCUT2D eigenvalue weighted by Gasteiger charge is -2.40. The van der Waals surface area contributed by atoms with Crippen LogP contribution in [0.1, 0.15) is 328 Å². The lowest BCUT2D eigenvalue weighted by molar-refractivity contribution is -0.302. The van der Waals surface area contributed by atoms with E-state index in [1.54, 1.807) is 6.08 Å². The fourth-order valence-corrected chi connectivity index (χ4v) is 11.1. The van der Waals surface area contributed by atoms with Gasteiger partial charge in [-0.25, -0.2) is 0 Å². The summed E-state index contributed by atoms with van der Waals surface area (Å²) in [5.74, 6) is -0.194. The van der Waals surface area contributed by atoms with Crippen molar-refractivity contribution in [3.63, 3.8) is 0 Å². The highest BCUT2D eigenvalue weighted by Gasteiger charge is 2.44. The molecule has 11 heteroatoms. The van der Waals surface area contributed by atoms with Crippen molar-refractivity contribution in [3.8, 4) is 0 Å². The second-order valence-electron chi connectivity index (χ2n) is 24.6. The van der Waals surface area contributed by atoms with Crippen molar-refractivity contribution in [2.75, 3.05) is 19.8 Å². The first-order chi connectivity index (χ1) is 41.2. The van der Waals surface area contributed by atoms with Gasteiger partial charge in [-0.1, -0.05) is 273 Å². The Morgan fingerprint density at radius 1 is 0.452 bits per heavy atom. The summed E-state index contributed by atoms with van der Waals surface area (Å²) in [6.45, 7) is 4.10. The van der Waals surface area contributed by atoms with E-state index in [1.165, 1.54) is 238 Å². The van der Waals surface area contributed by atoms with Crippen LogP contribution in [0.3, 0.4) is 0 Å². The van der Waals surface area contributed by atoms with E-state index in [4.69, 9.17) is 14.2 Å². The molecule has 1 heterocycles. The summed E-state index contributed by atoms with van der Waals surface area (Å²) in [6.07, 6.45) is 72.5. The van der Waals surface area contributed by atoms with Crippen molar-refractivity contribution in [2.45, 2.75) is 371 Å². The van der Waals surface area contributed by atoms with Crippen molar-refractivity contribution >= 4 is 11.9 Å². The van der Waals surface area contributed by atoms with E-state index in [2.05, 4.69) is 54.8 Å². The van der Waals surface area contributed by atoms with Crippen LogP contribution < -0.4 is 5.32 Å². The molecule has 7 unspecified atom stereocenters. The van der Waals surface area contributed by atoms with Gasteiger partial charge in [0.15, 0.2) is 6.29 Å². The average Bonchev–Trinajstić information content (AvgIpc) is 3.44. The molecule has 84 heavy (non-hydrogen) atoms. The molecule has 1 aliphatic heterocycles. The van der Waals surface area contributed by atoms with Crippen LogP contribution in [-0.4, -0.2) is 100 Å². The molecule has 490 valence electrons. The molecule has 0 aliphatic carbocycles. The van der Waals surface area contributed by atoms with E-state index in [0.29, 0.717) is 19.4 Å². The minimum Gasteiger partial charge on any atom is -0.466 e. The average molecular weight is 1180 g/mol. The van der Waals surface area contributed by atoms with Crippen molar-refractivity contribution in [1.82, 2.24) is 5.32 Å². The van der Waals surface area contributed by atoms with Gasteiger partial charge in [0.2, 0.25) is 5.91 Å². The summed E-state index contributed by atoms with van der Waals surface area (Å²) in [5, 5.41) is 54.2. The van der Waals surface area contributed by atoms with Gasteiger partial charge in [-0.3, -0.25) is 9.59 Å². The van der Waals surface area contributed by atoms with Gasteiger partial charge in [0.25, 0.3) is 0 Å². The number of allylic oxidation sites excluding steroid dienone is 9. The van der Waals surface area contributed by atoms with Crippen molar-refractivity contribution in [3.05, 3.63) is 60.8 Å². The first kappa shape index (κ1) is 79.4. The molecule has 1 aliphatic rings. The molecule has 0 saturated carbocycles. The molecule has 1 amide bonds. The highest BCUT2D eigenvalue weighted by atomic mass is 16.7. The Balaban J connectivity index is 1.91. The SMILES string of the molecule is C/C=C/CC/C=C/CC/C=C/C(O)C(COC1OC(CO)C(O)C(O)C1O)NC(=O)CCCCCCCCCCCCCC/C=C\CCCCCCCCCCCCCCOC(=O)CCCCCCCCCCC/C=C\CCCCCCCC. The second kappa shape index (κ2) is 62.0. The maximum Gasteiger partial charge on any atom is 0.305 e. The zero-order valence-electron chi connectivity index (χ0n) is 54.4. The number of unbranched alkanes of at least 4 members (excludes halogenated alkanes) is 41. The molecule has 1 rings (SSSR count). The molecule has 0 spiro atoms. The summed E-state index contributed by atoms with van der Waals surface area (Å²) in [6, 6.07) is -0.834. The standard InChI is InChI=1S/C73H133NO10/c1-3-5-7-9-11-13-14-15-16-17-28-32-35-38-41-45-49-53-57-61-69(78)82-62-58-54-50-46-42-39-36-33-30-27-25-23-21-19-18-20-22-24-26-29-31-34-37-40-44-48-52-56-60-68(77)74-65(66(76)59-55-51-47-43-12-10-8-6-4-2)64-83-73-72(81)71(80)70(79)67(63-75)84-73/h4,6,12,15-16,18-19,43,55,59,65-67,70-73,75-76,79-81H,3,5,7-11,13-14,17,20-42,44-54,56-58,60-64H2,1-2H3,(H,74,77)/b6-4+,16-15-,19-18-,43-12+,59-55+. The summed E-state index contributed by atoms with van der Waals surface area (Å²) in [7, 11) is 0. The zero-order chi connectivity index (χ0) is 60.9. The molecule has 6 N–H and O–H groups in total. The Bertz CT molecular complexity index is 1580. The minimum atomic E-state index is -1.58. The smallest absolute Gasteiger partial charge is 0.305 e. The fourth-order valence-electron chi connectivity index (χ4n) is 11.1. The van der Waals surface area contributed by atoms with Crippen LogP contribution in [0.4, 0.5) is 0 Å². The first-order valence-corrected chi connectivity index (χ1v) is 35.5. The monoisotopic (exact) mass is 1180 g/mol. The van der Waals surface area contributed by atoms with Crippen LogP contribution in [-0.2, 0) is 23.8 Å². The number of nitrogens with one attached hydrogen (secondary N) is 1. The van der Waals surface area contributed by atoms with Crippen LogP contribution in [0.5, 0.6) is 0 Å². The predicted molar refractivity (Wildman–Crippen MR) is 352 cm³/mol. The quantitative estimate of drug-likeness (QED) is 0.0195. The number of hydrogen-bond donors (Lipinski definition) is 6. The largest absolute Gasteiger partial charge is 0.466 e. The Hall–Kier alpha value is -2.64. The highest BCUT2D eigenvalue weighted by Crippen LogP contribution is 2.23. The zero-order valence-corrected chi connectivity index (χ0v) is 54.4. The topological polar surface area (TPSA) is 175 Å². The van der Waals surface area contributed by atoms with Crippen LogP contribution in [0.25, 0.3) is 0 Å². The molecule has 1 fully saturated rings. The minimum absolute atomic E-state index is 0.00560. The molecule has 0 aromatic carbocycles. The lowest BCUT2D eigenvalue weighted by atomic mass is 9.99. The van der Waals surface area contributed by atoms with Gasteiger partial charge in [-0.2, -0.15) is 0 Å². The van der Waals surface area contributed by atoms with E-state index >= 15 is 0 Å². The number of amides is 1. The van der Waals surface area contributed by atoms with Crippen LogP contribution in [0, 0.1) is 0 Å². The van der Waals surface area contributed by atoms with E-state index < -0.39 is 49.5 Å². The molecule has 0 bridgehead atoms. The summed E-state index contributed by atoms with van der Waals surface area (Å²) in [5.41, 5.74) is 0. The van der Waals surface area contributed by atoms with Gasteiger partial charge in [0, 0.05) is 12.8 Å². The van der Waals surface area contributed by atoms with Gasteiger partial charge in [0.05, 0.1) is 32.0 Å².